The normalized spacial score (nSPS) is 9.58. The molecule has 0 saturated carbocycles. The largest absolute Gasteiger partial charge is 0.494 e. The van der Waals surface area contributed by atoms with Gasteiger partial charge in [0, 0.05) is 30.1 Å². The van der Waals surface area contributed by atoms with E-state index in [1.54, 1.807) is 25.1 Å². The van der Waals surface area contributed by atoms with E-state index in [-0.39, 0.29) is 6.61 Å². The van der Waals surface area contributed by atoms with Crippen molar-refractivity contribution >= 4 is 12.1 Å². The summed E-state index contributed by atoms with van der Waals surface area (Å²) < 4.78 is 18.5. The third kappa shape index (κ3) is 17.3. The average molecular weight is 658 g/mol. The van der Waals surface area contributed by atoms with Crippen molar-refractivity contribution in [3.63, 3.8) is 0 Å². The Balaban J connectivity index is 0.00000195. The van der Waals surface area contributed by atoms with Crippen LogP contribution in [0.15, 0.2) is 61.2 Å². The summed E-state index contributed by atoms with van der Waals surface area (Å²) in [7, 11) is 0. The topological polar surface area (TPSA) is 147 Å². The lowest BCUT2D eigenvalue weighted by molar-refractivity contribution is -0.123. The van der Waals surface area contributed by atoms with E-state index < -0.39 is 5.91 Å². The lowest BCUT2D eigenvalue weighted by atomic mass is 10.0. The summed E-state index contributed by atoms with van der Waals surface area (Å²) in [5.74, 6) is 0.350. The molecule has 0 atom stereocenters. The third-order valence-electron chi connectivity index (χ3n) is 6.78. The molecule has 0 aliphatic rings. The molecular formula is C39H55N5O4. The lowest BCUT2D eigenvalue weighted by Gasteiger charge is -2.11. The third-order valence-corrected chi connectivity index (χ3v) is 6.78. The second-order valence-electron chi connectivity index (χ2n) is 10.7. The van der Waals surface area contributed by atoms with Crippen molar-refractivity contribution in [2.45, 2.75) is 80.2 Å². The Kier molecular flexibility index (Phi) is 24.7. The molecule has 3 aromatic rings. The van der Waals surface area contributed by atoms with Gasteiger partial charge < -0.3 is 29.9 Å². The van der Waals surface area contributed by atoms with Gasteiger partial charge in [-0.05, 0) is 88.6 Å². The van der Waals surface area contributed by atoms with Gasteiger partial charge in [0.1, 0.15) is 18.4 Å². The molecule has 2 aromatic carbocycles. The Morgan fingerprint density at radius 1 is 0.875 bits per heavy atom. The van der Waals surface area contributed by atoms with Gasteiger partial charge in [0.05, 0.1) is 37.0 Å². The molecule has 260 valence electrons. The van der Waals surface area contributed by atoms with E-state index in [2.05, 4.69) is 49.3 Å². The minimum absolute atomic E-state index is 0.0732. The molecule has 0 spiro atoms. The number of benzene rings is 2. The number of hydrogen-bond donors (Lipinski definition) is 2. The van der Waals surface area contributed by atoms with Crippen molar-refractivity contribution in [2.75, 3.05) is 33.0 Å². The van der Waals surface area contributed by atoms with Crippen LogP contribution < -0.4 is 10.5 Å². The maximum atomic E-state index is 10.6. The van der Waals surface area contributed by atoms with Gasteiger partial charge in [-0.1, -0.05) is 57.0 Å². The molecule has 48 heavy (non-hydrogen) atoms. The second kappa shape index (κ2) is 27.4. The highest BCUT2D eigenvalue weighted by atomic mass is 16.5. The number of carbonyl (C=O) groups is 1. The minimum atomic E-state index is -0.477. The van der Waals surface area contributed by atoms with Crippen LogP contribution in [0.3, 0.4) is 0 Å². The van der Waals surface area contributed by atoms with Crippen LogP contribution in [0.4, 0.5) is 0 Å². The molecule has 0 aliphatic heterocycles. The number of unbranched alkanes of at least 4 members (excludes halogenated alkanes) is 3. The van der Waals surface area contributed by atoms with E-state index in [1.165, 1.54) is 19.1 Å². The monoisotopic (exact) mass is 657 g/mol. The van der Waals surface area contributed by atoms with E-state index in [0.717, 1.165) is 53.1 Å². The van der Waals surface area contributed by atoms with Crippen molar-refractivity contribution in [1.82, 2.24) is 4.57 Å². The molecule has 3 N–H and O–H groups in total. The number of nitriles is 2. The maximum Gasteiger partial charge on any atom is 0.243 e. The first-order chi connectivity index (χ1) is 23.2. The number of rotatable bonds is 16. The predicted molar refractivity (Wildman–Crippen MR) is 195 cm³/mol. The second-order valence-corrected chi connectivity index (χ2v) is 10.7. The highest BCUT2D eigenvalue weighted by molar-refractivity contribution is 5.75. The molecule has 9 heteroatoms. The number of nitrogens with one attached hydrogen (secondary N) is 1. The van der Waals surface area contributed by atoms with Crippen molar-refractivity contribution in [3.05, 3.63) is 89.3 Å². The number of nitrogens with two attached hydrogens (primary N) is 1. The van der Waals surface area contributed by atoms with Gasteiger partial charge in [0.15, 0.2) is 0 Å². The molecule has 0 unspecified atom stereocenters. The van der Waals surface area contributed by atoms with E-state index in [1.807, 2.05) is 45.0 Å². The maximum absolute atomic E-state index is 10.6. The summed E-state index contributed by atoms with van der Waals surface area (Å²) in [5, 5.41) is 25.0. The van der Waals surface area contributed by atoms with Gasteiger partial charge in [-0.2, -0.15) is 10.5 Å². The SMILES string of the molecule is C=CC.CC=N.CCCC.Cc1c(C#N)c(-c2ccc(C#N)cc2)c(C)n1Cc1ccc(OCCCCCOCCOCC(N)=O)cc1. The molecule has 3 rings (SSSR count). The Labute approximate surface area is 288 Å². The molecule has 0 aliphatic carbocycles. The van der Waals surface area contributed by atoms with E-state index >= 15 is 0 Å². The van der Waals surface area contributed by atoms with Gasteiger partial charge in [-0.25, -0.2) is 0 Å². The Hall–Kier alpha value is -4.70. The zero-order valence-corrected chi connectivity index (χ0v) is 29.8. The van der Waals surface area contributed by atoms with E-state index in [4.69, 9.17) is 30.6 Å². The number of allylic oxidation sites excluding steroid dienone is 1. The molecule has 0 saturated heterocycles. The summed E-state index contributed by atoms with van der Waals surface area (Å²) in [6.07, 6.45) is 8.50. The number of primary amides is 1. The zero-order chi connectivity index (χ0) is 36.2. The fourth-order valence-corrected chi connectivity index (χ4v) is 4.26. The first-order valence-corrected chi connectivity index (χ1v) is 16.5. The van der Waals surface area contributed by atoms with Crippen LogP contribution in [0.25, 0.3) is 11.1 Å². The Bertz CT molecular complexity index is 1410. The van der Waals surface area contributed by atoms with Crippen LogP contribution >= 0.6 is 0 Å². The molecule has 1 heterocycles. The molecule has 1 amide bonds. The minimum Gasteiger partial charge on any atom is -0.494 e. The first kappa shape index (κ1) is 43.3. The highest BCUT2D eigenvalue weighted by Gasteiger charge is 2.19. The summed E-state index contributed by atoms with van der Waals surface area (Å²) in [6.45, 7) is 18.0. The molecule has 9 nitrogen and oxygen atoms in total. The summed E-state index contributed by atoms with van der Waals surface area (Å²) in [5.41, 5.74) is 11.2. The Morgan fingerprint density at radius 2 is 1.44 bits per heavy atom. The molecule has 0 fully saturated rings. The van der Waals surface area contributed by atoms with Crippen LogP contribution in [-0.2, 0) is 20.8 Å². The molecule has 0 bridgehead atoms. The van der Waals surface area contributed by atoms with E-state index in [9.17, 15) is 10.1 Å². The van der Waals surface area contributed by atoms with Crippen LogP contribution in [0.5, 0.6) is 5.75 Å². The van der Waals surface area contributed by atoms with Gasteiger partial charge in [-0.3, -0.25) is 4.79 Å². The number of ether oxygens (including phenoxy) is 3. The fourth-order valence-electron chi connectivity index (χ4n) is 4.26. The van der Waals surface area contributed by atoms with E-state index in [0.29, 0.717) is 44.1 Å². The Morgan fingerprint density at radius 3 is 1.96 bits per heavy atom. The fraction of sp³-hybridized carbons (Fsp3) is 0.436. The number of hydrogen-bond acceptors (Lipinski definition) is 7. The predicted octanol–water partition coefficient (Wildman–Crippen LogP) is 8.29. The van der Waals surface area contributed by atoms with Crippen molar-refractivity contribution in [2.24, 2.45) is 5.73 Å². The summed E-state index contributed by atoms with van der Waals surface area (Å²) in [6, 6.07) is 19.9. The van der Waals surface area contributed by atoms with Crippen molar-refractivity contribution in [1.29, 1.82) is 15.9 Å². The first-order valence-electron chi connectivity index (χ1n) is 16.5. The number of aromatic nitrogens is 1. The van der Waals surface area contributed by atoms with Crippen molar-refractivity contribution < 1.29 is 19.0 Å². The van der Waals surface area contributed by atoms with Gasteiger partial charge in [0.25, 0.3) is 0 Å². The molecule has 1 aromatic heterocycles. The van der Waals surface area contributed by atoms with Gasteiger partial charge >= 0.3 is 0 Å². The number of carbonyl (C=O) groups excluding carboxylic acids is 1. The quantitative estimate of drug-likeness (QED) is 0.0900. The van der Waals surface area contributed by atoms with Gasteiger partial charge in [-0.15, -0.1) is 6.58 Å². The lowest BCUT2D eigenvalue weighted by Crippen LogP contribution is -2.19. The summed E-state index contributed by atoms with van der Waals surface area (Å²) in [4.78, 5) is 10.6. The van der Waals surface area contributed by atoms with Crippen LogP contribution in [0, 0.1) is 41.9 Å². The summed E-state index contributed by atoms with van der Waals surface area (Å²) >= 11 is 0. The number of amides is 1. The molecular weight excluding hydrogens is 602 g/mol. The average Bonchev–Trinajstić information content (AvgIpc) is 3.32. The van der Waals surface area contributed by atoms with Crippen molar-refractivity contribution in [3.8, 4) is 29.0 Å². The number of nitrogens with zero attached hydrogens (tertiary/aromatic N) is 3. The highest BCUT2D eigenvalue weighted by Crippen LogP contribution is 2.32. The standard InChI is InChI=1S/C30H34N4O4.C4H10.C3H6.C2H5N/c1-22-28(19-32)30(26-10-6-24(18-31)7-11-26)23(2)34(22)20-25-8-12-27(13-9-25)38-15-5-3-4-14-36-16-17-37-21-29(33)35;1-3-4-2;1-3-2;1-2-3/h6-13H,3-5,14-17,20-21H2,1-2H3,(H2,33,35);3-4H2,1-2H3;3H,1H2,2H3;2-3H,1H3. The van der Waals surface area contributed by atoms with Crippen LogP contribution in [-0.4, -0.2) is 49.7 Å². The molecule has 0 radical (unpaired) electrons. The van der Waals surface area contributed by atoms with Crippen LogP contribution in [0.2, 0.25) is 0 Å². The zero-order valence-electron chi connectivity index (χ0n) is 29.8. The van der Waals surface area contributed by atoms with Gasteiger partial charge in [0.2, 0.25) is 5.91 Å². The van der Waals surface area contributed by atoms with Crippen LogP contribution in [0.1, 0.15) is 87.9 Å². The smallest absolute Gasteiger partial charge is 0.243 e.